The summed E-state index contributed by atoms with van der Waals surface area (Å²) in [6.07, 6.45) is 0. The van der Waals surface area contributed by atoms with Gasteiger partial charge in [0.2, 0.25) is 22.7 Å². The lowest BCUT2D eigenvalue weighted by molar-refractivity contribution is 1.19. The number of aromatic nitrogens is 2. The van der Waals surface area contributed by atoms with E-state index in [0.29, 0.717) is 101 Å². The third-order valence-electron chi connectivity index (χ3n) is 18.6. The molecule has 0 fully saturated rings. The molecule has 0 saturated carbocycles. The number of benzene rings is 11. The van der Waals surface area contributed by atoms with Crippen molar-refractivity contribution in [2.75, 3.05) is 0 Å². The molecule has 13 aromatic rings. The fourth-order valence-electron chi connectivity index (χ4n) is 12.8. The zero-order chi connectivity index (χ0) is 77.7. The van der Waals surface area contributed by atoms with Crippen LogP contribution in [0.2, 0.25) is 0 Å². The van der Waals surface area contributed by atoms with Crippen LogP contribution in [-0.4, -0.2) is 9.97 Å². The second-order valence-electron chi connectivity index (χ2n) is 25.2. The lowest BCUT2D eigenvalue weighted by Crippen LogP contribution is -2.00. The van der Waals surface area contributed by atoms with Crippen LogP contribution in [0.4, 0.5) is 39.8 Å². The normalized spacial score (nSPS) is 9.85. The minimum atomic E-state index is 0.325. The van der Waals surface area contributed by atoms with Crippen LogP contribution in [-0.2, 0) is 0 Å². The molecule has 0 aliphatic rings. The van der Waals surface area contributed by atoms with Crippen molar-refractivity contribution in [1.29, 1.82) is 36.8 Å². The highest BCUT2D eigenvalue weighted by atomic mass is 14.8. The quantitative estimate of drug-likeness (QED) is 0.0799. The molecule has 2 heterocycles. The Hall–Kier alpha value is -15.6. The predicted molar refractivity (Wildman–Crippen MR) is 420 cm³/mol. The summed E-state index contributed by atoms with van der Waals surface area (Å²) in [6, 6.07) is 52.0. The maximum absolute atomic E-state index is 9.26. The van der Waals surface area contributed by atoms with Crippen molar-refractivity contribution >= 4 is 115 Å². The van der Waals surface area contributed by atoms with E-state index in [9.17, 15) is 10.5 Å². The van der Waals surface area contributed by atoms with Gasteiger partial charge in [0.15, 0.2) is 17.1 Å². The standard InChI is InChI=1S/C20H10N4.C18H12N2.C16H10N4.C14H10N2.C12H12N2.C10H8N2/c1-11-15-5-13(9-21)19(23-3)7-17(15)12(2)18-8-20(24-4)14(10-22)6-16(11)18;1-11-7-15-13(17(9-11)19-3)5-6-14-16(15)8-12(2)10-18(14)20-4;1-9-5-7-11-13(17-3)14(18-4)12-8-6-10(2)20-16(12)15(11)19-9;1-9-5-7-12(16-3)14-10(2)4-6-11(8-15)13(9)14;1-7-8(2)12(6-14)10(4)9(3)11(7)5-13;1-7-3-10(6-12)8(2)4-9(7)5-11/h5-8H,1-2H3;5-10H,1-2H3;5-8H,1-2H3;4-7H,1-2H3;1-4H3;3-4H,1-2H3. The number of aryl methyl sites for hydroxylation is 10. The van der Waals surface area contributed by atoms with E-state index in [2.05, 4.69) is 98.5 Å². The van der Waals surface area contributed by atoms with Gasteiger partial charge in [-0.25, -0.2) is 33.9 Å². The molecule has 0 N–H and O–H groups in total. The molecule has 0 amide bonds. The second kappa shape index (κ2) is 32.6. The van der Waals surface area contributed by atoms with Gasteiger partial charge in [-0.3, -0.25) is 9.97 Å². The average Bonchev–Trinajstić information content (AvgIpc) is 0.741. The lowest BCUT2D eigenvalue weighted by atomic mass is 9.90. The Kier molecular flexibility index (Phi) is 23.4. The van der Waals surface area contributed by atoms with E-state index in [0.717, 1.165) is 132 Å². The zero-order valence-corrected chi connectivity index (χ0v) is 60.7. The summed E-state index contributed by atoms with van der Waals surface area (Å²) in [4.78, 5) is 33.8. The number of nitrogens with zero attached hydrogens (tertiary/aromatic N) is 16. The van der Waals surface area contributed by atoms with Crippen molar-refractivity contribution in [2.45, 2.75) is 96.9 Å². The Morgan fingerprint density at radius 2 is 0.594 bits per heavy atom. The second-order valence-corrected chi connectivity index (χ2v) is 25.2. The van der Waals surface area contributed by atoms with Crippen LogP contribution in [0.5, 0.6) is 0 Å². The summed E-state index contributed by atoms with van der Waals surface area (Å²) in [6.45, 7) is 77.9. The van der Waals surface area contributed by atoms with Crippen molar-refractivity contribution in [1.82, 2.24) is 9.97 Å². The third-order valence-corrected chi connectivity index (χ3v) is 18.6. The minimum Gasteiger partial charge on any atom is -0.252 e. The van der Waals surface area contributed by atoms with Crippen molar-refractivity contribution in [2.24, 2.45) is 0 Å². The minimum absolute atomic E-state index is 0.325. The first-order valence-electron chi connectivity index (χ1n) is 32.7. The molecule has 106 heavy (non-hydrogen) atoms. The van der Waals surface area contributed by atoms with Crippen molar-refractivity contribution < 1.29 is 0 Å². The van der Waals surface area contributed by atoms with Crippen LogP contribution in [0, 0.1) is 222 Å². The monoisotopic (exact) mass is 1370 g/mol. The molecule has 11 aromatic carbocycles. The Morgan fingerprint density at radius 3 is 0.934 bits per heavy atom. The molecular formula is C90H62N16. The Balaban J connectivity index is 0.000000163. The topological polar surface area (TPSA) is 223 Å². The smallest absolute Gasteiger partial charge is 0.205 e. The molecule has 0 aliphatic heterocycles. The first-order valence-corrected chi connectivity index (χ1v) is 32.7. The van der Waals surface area contributed by atoms with Crippen LogP contribution >= 0.6 is 0 Å². The first-order chi connectivity index (χ1) is 50.7. The number of pyridine rings is 2. The van der Waals surface area contributed by atoms with Gasteiger partial charge in [0.1, 0.15) is 0 Å². The molecule has 0 bridgehead atoms. The first kappa shape index (κ1) is 76.2. The fourth-order valence-corrected chi connectivity index (χ4v) is 12.8. The van der Waals surface area contributed by atoms with Crippen LogP contribution in [0.1, 0.15) is 117 Å². The molecule has 0 atom stereocenters. The maximum Gasteiger partial charge on any atom is 0.205 e. The molecule has 16 heteroatoms. The van der Waals surface area contributed by atoms with Gasteiger partial charge >= 0.3 is 0 Å². The molecule has 13 rings (SSSR count). The maximum atomic E-state index is 9.26. The van der Waals surface area contributed by atoms with E-state index in [1.54, 1.807) is 36.4 Å². The summed E-state index contributed by atoms with van der Waals surface area (Å²) < 4.78 is 0. The van der Waals surface area contributed by atoms with Crippen LogP contribution in [0.15, 0.2) is 121 Å². The average molecular weight is 1370 g/mol. The van der Waals surface area contributed by atoms with E-state index in [4.69, 9.17) is 72.3 Å². The molecule has 0 unspecified atom stereocenters. The fraction of sp³-hybridized carbons (Fsp3) is 0.156. The number of hydrogen-bond donors (Lipinski definition) is 0. The molecular weight excluding hydrogens is 1310 g/mol. The molecule has 0 spiro atoms. The van der Waals surface area contributed by atoms with Gasteiger partial charge in [0.05, 0.1) is 138 Å². The van der Waals surface area contributed by atoms with Gasteiger partial charge in [-0.15, -0.1) is 0 Å². The zero-order valence-electron chi connectivity index (χ0n) is 60.7. The predicted octanol–water partition coefficient (Wildman–Crippen LogP) is 24.3. The van der Waals surface area contributed by atoms with E-state index in [1.807, 2.05) is 170 Å². The molecule has 16 nitrogen and oxygen atoms in total. The molecule has 502 valence electrons. The van der Waals surface area contributed by atoms with Gasteiger partial charge in [-0.05, 0) is 266 Å². The summed E-state index contributed by atoms with van der Waals surface area (Å²) in [5, 5.41) is 73.7. The van der Waals surface area contributed by atoms with E-state index >= 15 is 0 Å². The molecule has 0 aliphatic carbocycles. The van der Waals surface area contributed by atoms with Gasteiger partial charge < -0.3 is 0 Å². The molecule has 2 aromatic heterocycles. The SMILES string of the molecule is Cc1c(C)c(C#N)c(C)c(C)c1C#N.Cc1cc(C#N)c(C)cc1C#N.[C-]#[N+]c1c([N+]#[C-])c2ccc(C)nc2c2nc(C)ccc12.[C-]#[N+]c1cc(C)cc2c1ccc1c([N+]#[C-])cc(C)cc12.[C-]#[N+]c1cc2c(C)c3cc([N+]#[C-])c(C#N)cc3c(C)c2cc1C#N.[C-]#[N+]c1ccc(C)c2c(C#N)ccc(C)c12. The van der Waals surface area contributed by atoms with Gasteiger partial charge in [0.25, 0.3) is 0 Å². The number of hydrogen-bond acceptors (Lipinski definition) is 9. The highest BCUT2D eigenvalue weighted by Crippen LogP contribution is 2.44. The van der Waals surface area contributed by atoms with Crippen molar-refractivity contribution in [3.8, 4) is 42.5 Å². The van der Waals surface area contributed by atoms with Gasteiger partial charge in [-0.1, -0.05) is 83.4 Å². The number of rotatable bonds is 0. The Bertz CT molecular complexity index is 6090. The number of fused-ring (bicyclic) bond motifs is 9. The summed E-state index contributed by atoms with van der Waals surface area (Å²) in [7, 11) is 0. The van der Waals surface area contributed by atoms with Crippen LogP contribution in [0.25, 0.3) is 110 Å². The van der Waals surface area contributed by atoms with E-state index in [1.165, 1.54) is 0 Å². The lowest BCUT2D eigenvalue weighted by Gasteiger charge is -2.14. The largest absolute Gasteiger partial charge is 0.252 e. The van der Waals surface area contributed by atoms with Gasteiger partial charge in [-0.2, -0.15) is 36.8 Å². The third kappa shape index (κ3) is 14.8. The van der Waals surface area contributed by atoms with Crippen LogP contribution in [0.3, 0.4) is 0 Å². The highest BCUT2D eigenvalue weighted by Gasteiger charge is 2.20. The highest BCUT2D eigenvalue weighted by molar-refractivity contribution is 6.18. The van der Waals surface area contributed by atoms with E-state index in [-0.39, 0.29) is 0 Å². The summed E-state index contributed by atoms with van der Waals surface area (Å²) >= 11 is 0. The van der Waals surface area contributed by atoms with Crippen molar-refractivity contribution in [3.05, 3.63) is 318 Å². The Morgan fingerprint density at radius 1 is 0.255 bits per heavy atom. The van der Waals surface area contributed by atoms with Gasteiger partial charge in [0, 0.05) is 11.4 Å². The van der Waals surface area contributed by atoms with Crippen molar-refractivity contribution in [3.63, 3.8) is 0 Å². The van der Waals surface area contributed by atoms with E-state index < -0.39 is 0 Å². The number of nitriles is 7. The Labute approximate surface area is 616 Å². The van der Waals surface area contributed by atoms with Crippen LogP contribution < -0.4 is 0 Å². The molecule has 0 radical (unpaired) electrons. The molecule has 0 saturated heterocycles. The summed E-state index contributed by atoms with van der Waals surface area (Å²) in [5.74, 6) is 0. The summed E-state index contributed by atoms with van der Waals surface area (Å²) in [5.41, 5.74) is 22.0.